The van der Waals surface area contributed by atoms with Gasteiger partial charge in [-0.05, 0) is 89.6 Å². The zero-order valence-electron chi connectivity index (χ0n) is 18.4. The van der Waals surface area contributed by atoms with Gasteiger partial charge in [-0.2, -0.15) is 0 Å². The molecule has 3 aliphatic rings. The van der Waals surface area contributed by atoms with Crippen LogP contribution in [0, 0.1) is 17.3 Å². The van der Waals surface area contributed by atoms with Crippen LogP contribution in [0.2, 0.25) is 0 Å². The van der Waals surface area contributed by atoms with Gasteiger partial charge in [0.2, 0.25) is 0 Å². The van der Waals surface area contributed by atoms with Crippen molar-refractivity contribution in [2.24, 2.45) is 17.3 Å². The van der Waals surface area contributed by atoms with Crippen molar-refractivity contribution in [3.05, 3.63) is 0 Å². The molecule has 1 saturated carbocycles. The molecule has 3 nitrogen and oxygen atoms in total. The Bertz CT molecular complexity index is 428. The van der Waals surface area contributed by atoms with E-state index < -0.39 is 0 Å². The fourth-order valence-corrected chi connectivity index (χ4v) is 5.04. The molecule has 0 atom stereocenters. The van der Waals surface area contributed by atoms with Crippen molar-refractivity contribution in [2.75, 3.05) is 32.7 Å². The monoisotopic (exact) mass is 364 g/mol. The van der Waals surface area contributed by atoms with Crippen LogP contribution in [0.15, 0.2) is 0 Å². The first-order chi connectivity index (χ1) is 12.1. The summed E-state index contributed by atoms with van der Waals surface area (Å²) in [5.74, 6) is 1.77. The van der Waals surface area contributed by atoms with Gasteiger partial charge in [0.15, 0.2) is 0 Å². The molecule has 26 heavy (non-hydrogen) atoms. The second kappa shape index (κ2) is 8.09. The maximum Gasteiger partial charge on any atom is 0.0603 e. The Labute approximate surface area is 162 Å². The second-order valence-corrected chi connectivity index (χ2v) is 11.4. The number of ether oxygens (including phenoxy) is 1. The maximum absolute atomic E-state index is 6.41. The third-order valence-corrected chi connectivity index (χ3v) is 7.32. The number of piperidine rings is 2. The Balaban J connectivity index is 1.30. The molecule has 152 valence electrons. The predicted octanol–water partition coefficient (Wildman–Crippen LogP) is 4.80. The highest BCUT2D eigenvalue weighted by atomic mass is 16.5. The van der Waals surface area contributed by atoms with Crippen molar-refractivity contribution in [1.29, 1.82) is 0 Å². The molecule has 0 amide bonds. The Morgan fingerprint density at radius 1 is 0.769 bits per heavy atom. The number of hydrogen-bond acceptors (Lipinski definition) is 3. The summed E-state index contributed by atoms with van der Waals surface area (Å²) in [6.07, 6.45) is 8.91. The summed E-state index contributed by atoms with van der Waals surface area (Å²) in [6.45, 7) is 20.6. The van der Waals surface area contributed by atoms with Gasteiger partial charge in [-0.25, -0.2) is 0 Å². The average Bonchev–Trinajstić information content (AvgIpc) is 2.50. The quantitative estimate of drug-likeness (QED) is 0.712. The van der Waals surface area contributed by atoms with Gasteiger partial charge in [0, 0.05) is 25.2 Å². The molecular weight excluding hydrogens is 320 g/mol. The highest BCUT2D eigenvalue weighted by molar-refractivity contribution is 4.89. The minimum absolute atomic E-state index is 0.341. The maximum atomic E-state index is 6.41. The molecule has 0 N–H and O–H groups in total. The first-order valence-corrected chi connectivity index (χ1v) is 11.2. The predicted molar refractivity (Wildman–Crippen MR) is 111 cm³/mol. The van der Waals surface area contributed by atoms with Gasteiger partial charge < -0.3 is 9.64 Å². The molecule has 2 heterocycles. The zero-order valence-corrected chi connectivity index (χ0v) is 18.4. The molecule has 0 aromatic rings. The summed E-state index contributed by atoms with van der Waals surface area (Å²) in [7, 11) is 0. The summed E-state index contributed by atoms with van der Waals surface area (Å²) in [5.41, 5.74) is 0.806. The van der Waals surface area contributed by atoms with Crippen LogP contribution >= 0.6 is 0 Å². The van der Waals surface area contributed by atoms with Crippen molar-refractivity contribution >= 4 is 0 Å². The molecule has 2 saturated heterocycles. The first kappa shape index (κ1) is 20.6. The van der Waals surface area contributed by atoms with E-state index in [-0.39, 0.29) is 0 Å². The standard InChI is InChI=1S/C23H44N2O/c1-22(2,3)19-15-21(16-19)26-20-9-11-24(12-10-20)17-18-7-13-25(14-8-18)23(4,5)6/h18-21H,7-17H2,1-6H3. The lowest BCUT2D eigenvalue weighted by atomic mass is 9.67. The van der Waals surface area contributed by atoms with Crippen molar-refractivity contribution in [3.8, 4) is 0 Å². The number of nitrogens with zero attached hydrogens (tertiary/aromatic N) is 2. The van der Waals surface area contributed by atoms with Gasteiger partial charge in [-0.3, -0.25) is 4.90 Å². The Morgan fingerprint density at radius 2 is 1.35 bits per heavy atom. The molecular formula is C23H44N2O. The zero-order chi connectivity index (χ0) is 18.9. The molecule has 3 heteroatoms. The smallest absolute Gasteiger partial charge is 0.0603 e. The van der Waals surface area contributed by atoms with Gasteiger partial charge in [0.1, 0.15) is 0 Å². The summed E-state index contributed by atoms with van der Waals surface area (Å²) >= 11 is 0. The fraction of sp³-hybridized carbons (Fsp3) is 1.00. The summed E-state index contributed by atoms with van der Waals surface area (Å²) in [5, 5.41) is 0. The summed E-state index contributed by atoms with van der Waals surface area (Å²) in [6, 6.07) is 0. The molecule has 0 aromatic heterocycles. The molecule has 0 aromatic carbocycles. The highest BCUT2D eigenvalue weighted by Crippen LogP contribution is 2.43. The number of hydrogen-bond donors (Lipinski definition) is 0. The van der Waals surface area contributed by atoms with E-state index in [0.717, 1.165) is 11.8 Å². The first-order valence-electron chi connectivity index (χ1n) is 11.2. The number of rotatable bonds is 4. The summed E-state index contributed by atoms with van der Waals surface area (Å²) in [4.78, 5) is 5.38. The highest BCUT2D eigenvalue weighted by Gasteiger charge is 2.39. The van der Waals surface area contributed by atoms with Crippen LogP contribution in [0.25, 0.3) is 0 Å². The number of likely N-dealkylation sites (tertiary alicyclic amines) is 2. The van der Waals surface area contributed by atoms with Gasteiger partial charge >= 0.3 is 0 Å². The average molecular weight is 365 g/mol. The van der Waals surface area contributed by atoms with Crippen LogP contribution in [0.3, 0.4) is 0 Å². The SMILES string of the molecule is CC(C)(C)C1CC(OC2CCN(CC3CCN(C(C)(C)C)CC3)CC2)C1. The van der Waals surface area contributed by atoms with Gasteiger partial charge in [0.05, 0.1) is 12.2 Å². The van der Waals surface area contributed by atoms with Crippen LogP contribution in [-0.2, 0) is 4.74 Å². The van der Waals surface area contributed by atoms with Crippen molar-refractivity contribution in [1.82, 2.24) is 9.80 Å². The normalized spacial score (nSPS) is 31.2. The van der Waals surface area contributed by atoms with Crippen molar-refractivity contribution in [3.63, 3.8) is 0 Å². The Hall–Kier alpha value is -0.120. The molecule has 0 radical (unpaired) electrons. The van der Waals surface area contributed by atoms with Crippen molar-refractivity contribution in [2.45, 2.75) is 97.8 Å². The van der Waals surface area contributed by atoms with E-state index >= 15 is 0 Å². The van der Waals surface area contributed by atoms with Crippen LogP contribution in [0.1, 0.15) is 80.1 Å². The lowest BCUT2D eigenvalue weighted by Crippen LogP contribution is -2.48. The van der Waals surface area contributed by atoms with Crippen LogP contribution < -0.4 is 0 Å². The summed E-state index contributed by atoms with van der Waals surface area (Å²) < 4.78 is 6.41. The van der Waals surface area contributed by atoms with E-state index in [9.17, 15) is 0 Å². The third kappa shape index (κ3) is 5.45. The molecule has 0 unspecified atom stereocenters. The molecule has 3 fully saturated rings. The largest absolute Gasteiger partial charge is 0.375 e. The van der Waals surface area contributed by atoms with Crippen LogP contribution in [-0.4, -0.2) is 60.3 Å². The van der Waals surface area contributed by atoms with E-state index in [2.05, 4.69) is 51.3 Å². The molecule has 0 spiro atoms. The molecule has 0 bridgehead atoms. The minimum Gasteiger partial charge on any atom is -0.375 e. The lowest BCUT2D eigenvalue weighted by Gasteiger charge is -2.46. The Kier molecular flexibility index (Phi) is 6.41. The van der Waals surface area contributed by atoms with Gasteiger partial charge in [-0.1, -0.05) is 20.8 Å². The van der Waals surface area contributed by atoms with Gasteiger partial charge in [0.25, 0.3) is 0 Å². The third-order valence-electron chi connectivity index (χ3n) is 7.32. The van der Waals surface area contributed by atoms with E-state index in [1.807, 2.05) is 0 Å². The molecule has 2 aliphatic heterocycles. The topological polar surface area (TPSA) is 15.7 Å². The minimum atomic E-state index is 0.341. The lowest BCUT2D eigenvalue weighted by molar-refractivity contribution is -0.113. The second-order valence-electron chi connectivity index (χ2n) is 11.4. The van der Waals surface area contributed by atoms with Crippen LogP contribution in [0.4, 0.5) is 0 Å². The van der Waals surface area contributed by atoms with E-state index in [0.29, 0.717) is 23.2 Å². The van der Waals surface area contributed by atoms with Gasteiger partial charge in [-0.15, -0.1) is 0 Å². The van der Waals surface area contributed by atoms with Crippen molar-refractivity contribution < 1.29 is 4.74 Å². The Morgan fingerprint density at radius 3 is 1.85 bits per heavy atom. The van der Waals surface area contributed by atoms with E-state index in [4.69, 9.17) is 4.74 Å². The van der Waals surface area contributed by atoms with E-state index in [1.165, 1.54) is 71.2 Å². The van der Waals surface area contributed by atoms with Crippen LogP contribution in [0.5, 0.6) is 0 Å². The molecule has 1 aliphatic carbocycles. The molecule has 3 rings (SSSR count). The van der Waals surface area contributed by atoms with E-state index in [1.54, 1.807) is 0 Å². The fourth-order valence-electron chi connectivity index (χ4n) is 5.04.